The van der Waals surface area contributed by atoms with Crippen molar-refractivity contribution in [1.82, 2.24) is 10.6 Å². The highest BCUT2D eigenvalue weighted by Crippen LogP contribution is 2.11. The van der Waals surface area contributed by atoms with Gasteiger partial charge in [0.25, 0.3) is 0 Å². The number of piperidine rings is 1. The molecule has 2 atom stereocenters. The zero-order valence-electron chi connectivity index (χ0n) is 10.3. The fourth-order valence-corrected chi connectivity index (χ4v) is 1.79. The van der Waals surface area contributed by atoms with Crippen LogP contribution in [0.4, 0.5) is 0 Å². The van der Waals surface area contributed by atoms with Gasteiger partial charge in [-0.2, -0.15) is 0 Å². The molecule has 1 aliphatic heterocycles. The van der Waals surface area contributed by atoms with E-state index >= 15 is 0 Å². The Morgan fingerprint density at radius 1 is 1.47 bits per heavy atom. The number of carboxylic acids is 1. The number of hydrogen-bond donors (Lipinski definition) is 4. The summed E-state index contributed by atoms with van der Waals surface area (Å²) in [7, 11) is 0. The molecule has 1 unspecified atom stereocenters. The summed E-state index contributed by atoms with van der Waals surface area (Å²) in [4.78, 5) is 44.3. The molecule has 1 aliphatic rings. The minimum absolute atomic E-state index is 0.0461. The SMILES string of the molecule is NC(=O)CC[C@@H](NC(=O)C1CCC(=O)NC1)C(=O)O. The van der Waals surface area contributed by atoms with E-state index in [0.717, 1.165) is 0 Å². The molecule has 0 radical (unpaired) electrons. The lowest BCUT2D eigenvalue weighted by Gasteiger charge is -2.23. The smallest absolute Gasteiger partial charge is 0.326 e. The number of amides is 3. The third kappa shape index (κ3) is 4.94. The third-order valence-electron chi connectivity index (χ3n) is 2.93. The number of rotatable bonds is 6. The standard InChI is InChI=1S/C11H17N3O5/c12-8(15)3-2-7(11(18)19)14-10(17)6-1-4-9(16)13-5-6/h6-7H,1-5H2,(H2,12,15)(H,13,16)(H,14,17)(H,18,19)/t6?,7-/m1/s1. The molecule has 3 amide bonds. The third-order valence-corrected chi connectivity index (χ3v) is 2.93. The maximum Gasteiger partial charge on any atom is 0.326 e. The molecule has 106 valence electrons. The fraction of sp³-hybridized carbons (Fsp3) is 0.636. The Morgan fingerprint density at radius 2 is 2.16 bits per heavy atom. The Hall–Kier alpha value is -2.12. The van der Waals surface area contributed by atoms with Crippen molar-refractivity contribution in [2.45, 2.75) is 31.7 Å². The van der Waals surface area contributed by atoms with E-state index < -0.39 is 29.7 Å². The highest BCUT2D eigenvalue weighted by molar-refractivity contribution is 5.87. The van der Waals surface area contributed by atoms with Gasteiger partial charge in [0.05, 0.1) is 5.92 Å². The van der Waals surface area contributed by atoms with Crippen molar-refractivity contribution in [1.29, 1.82) is 0 Å². The second-order valence-corrected chi connectivity index (χ2v) is 4.44. The highest BCUT2D eigenvalue weighted by atomic mass is 16.4. The lowest BCUT2D eigenvalue weighted by Crippen LogP contribution is -2.48. The summed E-state index contributed by atoms with van der Waals surface area (Å²) in [6.07, 6.45) is 0.477. The molecule has 0 aromatic rings. The van der Waals surface area contributed by atoms with Crippen LogP contribution in [0.15, 0.2) is 0 Å². The zero-order valence-corrected chi connectivity index (χ0v) is 10.3. The van der Waals surface area contributed by atoms with Gasteiger partial charge >= 0.3 is 5.97 Å². The first-order valence-electron chi connectivity index (χ1n) is 5.98. The number of carbonyl (C=O) groups excluding carboxylic acids is 3. The Labute approximate surface area is 109 Å². The molecular formula is C11H17N3O5. The largest absolute Gasteiger partial charge is 0.480 e. The van der Waals surface area contributed by atoms with Crippen molar-refractivity contribution in [3.05, 3.63) is 0 Å². The maximum absolute atomic E-state index is 11.8. The lowest BCUT2D eigenvalue weighted by molar-refractivity contribution is -0.143. The summed E-state index contributed by atoms with van der Waals surface area (Å²) in [6, 6.07) is -1.14. The van der Waals surface area contributed by atoms with Gasteiger partial charge in [-0.3, -0.25) is 14.4 Å². The minimum atomic E-state index is -1.21. The summed E-state index contributed by atoms with van der Waals surface area (Å²) in [5.41, 5.74) is 4.94. The van der Waals surface area contributed by atoms with Crippen molar-refractivity contribution in [3.8, 4) is 0 Å². The maximum atomic E-state index is 11.8. The number of hydrogen-bond acceptors (Lipinski definition) is 4. The molecule has 0 saturated carbocycles. The van der Waals surface area contributed by atoms with Crippen LogP contribution in [0.25, 0.3) is 0 Å². The summed E-state index contributed by atoms with van der Waals surface area (Å²) < 4.78 is 0. The van der Waals surface area contributed by atoms with Gasteiger partial charge in [0.15, 0.2) is 0 Å². The molecule has 1 fully saturated rings. The van der Waals surface area contributed by atoms with E-state index in [9.17, 15) is 19.2 Å². The predicted octanol–water partition coefficient (Wildman–Crippen LogP) is -1.65. The molecule has 0 aliphatic carbocycles. The molecule has 0 aromatic heterocycles. The summed E-state index contributed by atoms with van der Waals surface area (Å²) in [5, 5.41) is 13.8. The van der Waals surface area contributed by atoms with E-state index in [4.69, 9.17) is 10.8 Å². The molecular weight excluding hydrogens is 254 g/mol. The quantitative estimate of drug-likeness (QED) is 0.458. The van der Waals surface area contributed by atoms with Crippen LogP contribution in [0.5, 0.6) is 0 Å². The monoisotopic (exact) mass is 271 g/mol. The van der Waals surface area contributed by atoms with Crippen molar-refractivity contribution in [2.24, 2.45) is 11.7 Å². The van der Waals surface area contributed by atoms with Crippen molar-refractivity contribution < 1.29 is 24.3 Å². The minimum Gasteiger partial charge on any atom is -0.480 e. The van der Waals surface area contributed by atoms with E-state index in [1.807, 2.05) is 0 Å². The molecule has 0 aromatic carbocycles. The molecule has 5 N–H and O–H groups in total. The van der Waals surface area contributed by atoms with E-state index in [-0.39, 0.29) is 31.7 Å². The van der Waals surface area contributed by atoms with Crippen LogP contribution in [0, 0.1) is 5.92 Å². The van der Waals surface area contributed by atoms with Gasteiger partial charge in [-0.25, -0.2) is 4.79 Å². The average molecular weight is 271 g/mol. The average Bonchev–Trinajstić information content (AvgIpc) is 2.34. The highest BCUT2D eigenvalue weighted by Gasteiger charge is 2.28. The van der Waals surface area contributed by atoms with Gasteiger partial charge in [-0.05, 0) is 12.8 Å². The van der Waals surface area contributed by atoms with E-state index in [1.165, 1.54) is 0 Å². The Bertz CT molecular complexity index is 386. The molecule has 8 nitrogen and oxygen atoms in total. The van der Waals surface area contributed by atoms with Crippen molar-refractivity contribution in [2.75, 3.05) is 6.54 Å². The van der Waals surface area contributed by atoms with Gasteiger partial charge in [0, 0.05) is 19.4 Å². The Balaban J connectivity index is 2.49. The van der Waals surface area contributed by atoms with Crippen LogP contribution >= 0.6 is 0 Å². The summed E-state index contributed by atoms with van der Waals surface area (Å²) >= 11 is 0. The first-order valence-corrected chi connectivity index (χ1v) is 5.98. The first-order chi connectivity index (χ1) is 8.90. The van der Waals surface area contributed by atoms with E-state index in [0.29, 0.717) is 6.42 Å². The van der Waals surface area contributed by atoms with Gasteiger partial charge in [0.1, 0.15) is 6.04 Å². The van der Waals surface area contributed by atoms with Crippen LogP contribution in [-0.2, 0) is 19.2 Å². The zero-order chi connectivity index (χ0) is 14.4. The molecule has 19 heavy (non-hydrogen) atoms. The Morgan fingerprint density at radius 3 is 2.63 bits per heavy atom. The first kappa shape index (κ1) is 14.9. The lowest BCUT2D eigenvalue weighted by atomic mass is 9.97. The van der Waals surface area contributed by atoms with E-state index in [1.54, 1.807) is 0 Å². The topological polar surface area (TPSA) is 139 Å². The summed E-state index contributed by atoms with van der Waals surface area (Å²) in [6.45, 7) is 0.201. The number of carboxylic acid groups (broad SMARTS) is 1. The van der Waals surface area contributed by atoms with Crippen LogP contribution in [0.3, 0.4) is 0 Å². The molecule has 0 bridgehead atoms. The fourth-order valence-electron chi connectivity index (χ4n) is 1.79. The van der Waals surface area contributed by atoms with Crippen LogP contribution < -0.4 is 16.4 Å². The number of nitrogens with two attached hydrogens (primary N) is 1. The van der Waals surface area contributed by atoms with Gasteiger partial charge in [-0.15, -0.1) is 0 Å². The van der Waals surface area contributed by atoms with Crippen molar-refractivity contribution >= 4 is 23.7 Å². The van der Waals surface area contributed by atoms with Gasteiger partial charge in [0.2, 0.25) is 17.7 Å². The van der Waals surface area contributed by atoms with Gasteiger partial charge in [-0.1, -0.05) is 0 Å². The number of nitrogens with one attached hydrogen (secondary N) is 2. The van der Waals surface area contributed by atoms with Crippen LogP contribution in [0.2, 0.25) is 0 Å². The second-order valence-electron chi connectivity index (χ2n) is 4.44. The number of aliphatic carboxylic acids is 1. The molecule has 0 spiro atoms. The number of carbonyl (C=O) groups is 4. The predicted molar refractivity (Wildman–Crippen MR) is 63.7 cm³/mol. The van der Waals surface area contributed by atoms with Crippen LogP contribution in [0.1, 0.15) is 25.7 Å². The Kier molecular flexibility index (Phi) is 5.28. The summed E-state index contributed by atoms with van der Waals surface area (Å²) in [5.74, 6) is -2.82. The molecule has 1 rings (SSSR count). The number of primary amides is 1. The second kappa shape index (κ2) is 6.72. The molecule has 1 saturated heterocycles. The molecule has 1 heterocycles. The normalized spacial score (nSPS) is 20.2. The van der Waals surface area contributed by atoms with Crippen molar-refractivity contribution in [3.63, 3.8) is 0 Å². The van der Waals surface area contributed by atoms with E-state index in [2.05, 4.69) is 10.6 Å². The van der Waals surface area contributed by atoms with Crippen LogP contribution in [-0.4, -0.2) is 41.4 Å². The molecule has 8 heteroatoms. The van der Waals surface area contributed by atoms with Gasteiger partial charge < -0.3 is 21.5 Å².